The SMILES string of the molecule is COCCOCOc1ccc(N2CCc3cc(-c4ccc(C(C)(C)C)cc4N4C[C@@H](C)O[C@H](C)C4)ccc3C2=O)cc1NS(C)(=O)=O. The van der Waals surface area contributed by atoms with Gasteiger partial charge >= 0.3 is 0 Å². The Labute approximate surface area is 279 Å². The van der Waals surface area contributed by atoms with Gasteiger partial charge in [0.25, 0.3) is 5.91 Å². The highest BCUT2D eigenvalue weighted by molar-refractivity contribution is 7.92. The number of methoxy groups -OCH3 is 1. The van der Waals surface area contributed by atoms with E-state index in [1.807, 2.05) is 12.1 Å². The average Bonchev–Trinajstić information content (AvgIpc) is 2.99. The van der Waals surface area contributed by atoms with Crippen molar-refractivity contribution in [1.82, 2.24) is 0 Å². The predicted octanol–water partition coefficient (Wildman–Crippen LogP) is 5.84. The summed E-state index contributed by atoms with van der Waals surface area (Å²) >= 11 is 0. The molecule has 0 unspecified atom stereocenters. The van der Waals surface area contributed by atoms with Gasteiger partial charge in [-0.25, -0.2) is 8.42 Å². The number of hydrogen-bond acceptors (Lipinski definition) is 8. The van der Waals surface area contributed by atoms with Gasteiger partial charge in [-0.15, -0.1) is 0 Å². The topological polar surface area (TPSA) is 107 Å². The second-order valence-electron chi connectivity index (χ2n) is 13.4. The van der Waals surface area contributed by atoms with Gasteiger partial charge in [-0.3, -0.25) is 9.52 Å². The first-order valence-electron chi connectivity index (χ1n) is 16.0. The molecule has 1 fully saturated rings. The van der Waals surface area contributed by atoms with Crippen LogP contribution in [0.15, 0.2) is 54.6 Å². The summed E-state index contributed by atoms with van der Waals surface area (Å²) in [6.45, 7) is 13.7. The Morgan fingerprint density at radius 2 is 1.68 bits per heavy atom. The molecule has 0 aromatic heterocycles. The zero-order chi connectivity index (χ0) is 33.9. The lowest BCUT2D eigenvalue weighted by Crippen LogP contribution is -2.45. The van der Waals surface area contributed by atoms with E-state index < -0.39 is 10.0 Å². The Morgan fingerprint density at radius 1 is 0.957 bits per heavy atom. The number of ether oxygens (including phenoxy) is 4. The fraction of sp³-hybridized carbons (Fsp3) is 0.472. The van der Waals surface area contributed by atoms with Crippen molar-refractivity contribution in [3.05, 3.63) is 71.3 Å². The molecule has 1 amide bonds. The molecular weight excluding hydrogens is 618 g/mol. The molecule has 3 aromatic carbocycles. The number of carbonyl (C=O) groups is 1. The number of nitrogens with zero attached hydrogens (tertiary/aromatic N) is 2. The largest absolute Gasteiger partial charge is 0.465 e. The van der Waals surface area contributed by atoms with Crippen molar-refractivity contribution in [2.45, 2.75) is 58.7 Å². The summed E-state index contributed by atoms with van der Waals surface area (Å²) in [6.07, 6.45) is 1.97. The van der Waals surface area contributed by atoms with Gasteiger partial charge in [0.05, 0.1) is 37.4 Å². The van der Waals surface area contributed by atoms with E-state index in [0.717, 1.165) is 36.0 Å². The summed E-state index contributed by atoms with van der Waals surface area (Å²) in [5, 5.41) is 0. The van der Waals surface area contributed by atoms with Crippen LogP contribution in [-0.4, -0.2) is 79.5 Å². The fourth-order valence-electron chi connectivity index (χ4n) is 6.18. The van der Waals surface area contributed by atoms with Crippen LogP contribution in [0.25, 0.3) is 11.1 Å². The molecule has 2 heterocycles. The second-order valence-corrected chi connectivity index (χ2v) is 15.2. The highest BCUT2D eigenvalue weighted by Gasteiger charge is 2.29. The van der Waals surface area contributed by atoms with Crippen LogP contribution in [0.5, 0.6) is 5.75 Å². The lowest BCUT2D eigenvalue weighted by atomic mass is 9.84. The minimum atomic E-state index is -3.61. The lowest BCUT2D eigenvalue weighted by Gasteiger charge is -2.38. The Bertz CT molecular complexity index is 1690. The van der Waals surface area contributed by atoms with Crippen molar-refractivity contribution in [3.8, 4) is 16.9 Å². The van der Waals surface area contributed by atoms with E-state index >= 15 is 0 Å². The van der Waals surface area contributed by atoms with Crippen molar-refractivity contribution in [1.29, 1.82) is 0 Å². The van der Waals surface area contributed by atoms with E-state index in [4.69, 9.17) is 18.9 Å². The number of morpholine rings is 1. The third kappa shape index (κ3) is 8.45. The number of nitrogens with one attached hydrogen (secondary N) is 1. The molecule has 1 N–H and O–H groups in total. The average molecular weight is 666 g/mol. The van der Waals surface area contributed by atoms with Crippen molar-refractivity contribution >= 4 is 33.0 Å². The number of sulfonamides is 1. The highest BCUT2D eigenvalue weighted by atomic mass is 32.2. The third-order valence-corrected chi connectivity index (χ3v) is 9.01. The number of anilines is 3. The van der Waals surface area contributed by atoms with Crippen LogP contribution in [0.3, 0.4) is 0 Å². The summed E-state index contributed by atoms with van der Waals surface area (Å²) in [6, 6.07) is 17.8. The minimum Gasteiger partial charge on any atom is -0.465 e. The number of rotatable bonds is 11. The molecule has 0 bridgehead atoms. The van der Waals surface area contributed by atoms with Gasteiger partial charge in [0.1, 0.15) is 5.75 Å². The summed E-state index contributed by atoms with van der Waals surface area (Å²) < 4.78 is 48.9. The van der Waals surface area contributed by atoms with Crippen LogP contribution >= 0.6 is 0 Å². The molecule has 47 heavy (non-hydrogen) atoms. The van der Waals surface area contributed by atoms with E-state index in [0.29, 0.717) is 43.2 Å². The predicted molar refractivity (Wildman–Crippen MR) is 186 cm³/mol. The van der Waals surface area contributed by atoms with Gasteiger partial charge in [-0.05, 0) is 72.7 Å². The van der Waals surface area contributed by atoms with Crippen molar-refractivity contribution in [2.24, 2.45) is 0 Å². The molecule has 2 aliphatic rings. The molecule has 2 aliphatic heterocycles. The Kier molecular flexibility index (Phi) is 10.5. The highest BCUT2D eigenvalue weighted by Crippen LogP contribution is 2.39. The minimum absolute atomic E-state index is 0.00139. The van der Waals surface area contributed by atoms with Crippen molar-refractivity contribution in [2.75, 3.05) is 67.5 Å². The maximum atomic E-state index is 13.9. The van der Waals surface area contributed by atoms with Crippen LogP contribution < -0.4 is 19.3 Å². The van der Waals surface area contributed by atoms with E-state index in [1.165, 1.54) is 11.3 Å². The summed E-state index contributed by atoms with van der Waals surface area (Å²) in [7, 11) is -2.04. The van der Waals surface area contributed by atoms with Crippen LogP contribution in [0.4, 0.5) is 17.1 Å². The van der Waals surface area contributed by atoms with E-state index in [1.54, 1.807) is 30.2 Å². The number of amides is 1. The van der Waals surface area contributed by atoms with Gasteiger partial charge in [0, 0.05) is 49.2 Å². The third-order valence-electron chi connectivity index (χ3n) is 8.42. The summed E-state index contributed by atoms with van der Waals surface area (Å²) in [5.74, 6) is 0.155. The zero-order valence-electron chi connectivity index (χ0n) is 28.5. The molecule has 0 aliphatic carbocycles. The van der Waals surface area contributed by atoms with E-state index in [9.17, 15) is 13.2 Å². The molecule has 0 saturated carbocycles. The van der Waals surface area contributed by atoms with Crippen LogP contribution in [0.2, 0.25) is 0 Å². The van der Waals surface area contributed by atoms with Gasteiger partial charge in [-0.2, -0.15) is 0 Å². The maximum Gasteiger partial charge on any atom is 0.258 e. The first-order chi connectivity index (χ1) is 22.2. The smallest absolute Gasteiger partial charge is 0.258 e. The zero-order valence-corrected chi connectivity index (χ0v) is 29.3. The maximum absolute atomic E-state index is 13.9. The van der Waals surface area contributed by atoms with Crippen LogP contribution in [0.1, 0.15) is 56.1 Å². The fourth-order valence-corrected chi connectivity index (χ4v) is 6.74. The molecular formula is C36H47N3O7S. The second kappa shape index (κ2) is 14.2. The monoisotopic (exact) mass is 665 g/mol. The van der Waals surface area contributed by atoms with Crippen LogP contribution in [-0.2, 0) is 36.1 Å². The Hall–Kier alpha value is -3.64. The molecule has 2 atom stereocenters. The van der Waals surface area contributed by atoms with Gasteiger partial charge < -0.3 is 28.7 Å². The number of hydrogen-bond donors (Lipinski definition) is 1. The number of fused-ring (bicyclic) bond motifs is 1. The first-order valence-corrected chi connectivity index (χ1v) is 17.9. The molecule has 11 heteroatoms. The molecule has 10 nitrogen and oxygen atoms in total. The molecule has 1 saturated heterocycles. The Balaban J connectivity index is 1.43. The normalized spacial score (nSPS) is 18.7. The molecule has 0 radical (unpaired) electrons. The number of benzene rings is 3. The number of carbonyl (C=O) groups excluding carboxylic acids is 1. The van der Waals surface area contributed by atoms with E-state index in [-0.39, 0.29) is 36.0 Å². The molecule has 5 rings (SSSR count). The first kappa shape index (κ1) is 34.7. The summed E-state index contributed by atoms with van der Waals surface area (Å²) in [4.78, 5) is 18.0. The van der Waals surface area contributed by atoms with Gasteiger partial charge in [0.15, 0.2) is 6.79 Å². The van der Waals surface area contributed by atoms with Crippen LogP contribution in [0, 0.1) is 0 Å². The Morgan fingerprint density at radius 3 is 2.36 bits per heavy atom. The van der Waals surface area contributed by atoms with Crippen molar-refractivity contribution in [3.63, 3.8) is 0 Å². The van der Waals surface area contributed by atoms with E-state index in [2.05, 4.69) is 68.5 Å². The van der Waals surface area contributed by atoms with Crippen molar-refractivity contribution < 1.29 is 32.2 Å². The standard InChI is InChI=1S/C36H47N3O7S/c1-24-21-38(22-25(2)46-24)33-19-28(36(3,4)5)9-12-30(33)26-8-11-31-27(18-26)14-15-39(35(31)40)29-10-13-34(45-23-44-17-16-43-6)32(20-29)37-47(7,41)42/h8-13,18-20,24-25,37H,14-17,21-23H2,1-7H3/t24-,25-/m1/s1. The molecule has 254 valence electrons. The molecule has 0 spiro atoms. The quantitative estimate of drug-likeness (QED) is 0.201. The van der Waals surface area contributed by atoms with Gasteiger partial charge in [-0.1, -0.05) is 45.0 Å². The lowest BCUT2D eigenvalue weighted by molar-refractivity contribution is -0.00814. The molecule has 3 aromatic rings. The van der Waals surface area contributed by atoms with Gasteiger partial charge in [0.2, 0.25) is 10.0 Å². The summed E-state index contributed by atoms with van der Waals surface area (Å²) in [5.41, 5.74) is 7.07.